The molecule has 0 spiro atoms. The number of carbonyl (C=O) groups is 1. The number of aromatic nitrogens is 2. The van der Waals surface area contributed by atoms with Gasteiger partial charge in [-0.1, -0.05) is 6.07 Å². The van der Waals surface area contributed by atoms with Crippen LogP contribution in [0, 0.1) is 0 Å². The van der Waals surface area contributed by atoms with Crippen LogP contribution in [0.2, 0.25) is 0 Å². The topological polar surface area (TPSA) is 94.7 Å². The Hall–Kier alpha value is -2.75. The van der Waals surface area contributed by atoms with E-state index in [1.54, 1.807) is 26.4 Å². The van der Waals surface area contributed by atoms with Crippen molar-refractivity contribution in [2.75, 3.05) is 14.2 Å². The second kappa shape index (κ2) is 10.2. The van der Waals surface area contributed by atoms with E-state index < -0.39 is 5.97 Å². The minimum Gasteiger partial charge on any atom is -1.00 e. The third kappa shape index (κ3) is 4.73. The monoisotopic (exact) mass is 480 g/mol. The second-order valence-electron chi connectivity index (χ2n) is 7.61. The standard InChI is InChI=1S/C26H20N2O5.K.H/c1-31-23-11-19-14-27-13-18(20(19)12-24(23)32-2)9-15-3-8-22-21(10-15)28-25(33-22)16-4-6-17(7-5-16)26(29)30;;/h3-8,10-14H,9H2,1-2H3,(H,29,30);;/q;+1;-1. The molecule has 3 aromatic carbocycles. The van der Waals surface area contributed by atoms with E-state index in [9.17, 15) is 4.79 Å². The molecule has 0 saturated heterocycles. The van der Waals surface area contributed by atoms with Crippen LogP contribution in [-0.4, -0.2) is 35.3 Å². The van der Waals surface area contributed by atoms with E-state index in [2.05, 4.69) is 9.97 Å². The zero-order chi connectivity index (χ0) is 22.9. The van der Waals surface area contributed by atoms with Crippen LogP contribution in [0.1, 0.15) is 22.9 Å². The number of benzene rings is 3. The Morgan fingerprint density at radius 2 is 1.74 bits per heavy atom. The van der Waals surface area contributed by atoms with Crippen LogP contribution in [0.15, 0.2) is 71.4 Å². The van der Waals surface area contributed by atoms with Gasteiger partial charge in [0.05, 0.1) is 19.8 Å². The number of rotatable bonds is 6. The van der Waals surface area contributed by atoms with Gasteiger partial charge in [0, 0.05) is 23.3 Å². The third-order valence-electron chi connectivity index (χ3n) is 5.57. The number of hydrogen-bond acceptors (Lipinski definition) is 6. The van der Waals surface area contributed by atoms with E-state index in [1.165, 1.54) is 12.1 Å². The Bertz CT molecular complexity index is 1500. The number of fused-ring (bicyclic) bond motifs is 2. The summed E-state index contributed by atoms with van der Waals surface area (Å²) in [7, 11) is 3.23. The van der Waals surface area contributed by atoms with Gasteiger partial charge in [-0.2, -0.15) is 0 Å². The van der Waals surface area contributed by atoms with Gasteiger partial charge in [-0.25, -0.2) is 9.78 Å². The molecular formula is C26H21KN2O5. The summed E-state index contributed by atoms with van der Waals surface area (Å²) in [6.45, 7) is 0. The van der Waals surface area contributed by atoms with Crippen LogP contribution in [0.25, 0.3) is 33.3 Å². The first kappa shape index (κ1) is 24.4. The number of carboxylic acid groups (broad SMARTS) is 1. The van der Waals surface area contributed by atoms with Crippen molar-refractivity contribution in [2.45, 2.75) is 6.42 Å². The number of ether oxygens (including phenoxy) is 2. The summed E-state index contributed by atoms with van der Waals surface area (Å²) in [5.74, 6) is 0.810. The summed E-state index contributed by atoms with van der Waals surface area (Å²) in [5, 5.41) is 11.1. The van der Waals surface area contributed by atoms with Gasteiger partial charge in [0.2, 0.25) is 5.89 Å². The first-order valence-electron chi connectivity index (χ1n) is 10.3. The van der Waals surface area contributed by atoms with E-state index in [0.717, 1.165) is 33.0 Å². The normalized spacial score (nSPS) is 10.8. The van der Waals surface area contributed by atoms with Gasteiger partial charge in [0.15, 0.2) is 17.1 Å². The molecule has 8 heteroatoms. The molecule has 0 bridgehead atoms. The summed E-state index contributed by atoms with van der Waals surface area (Å²) in [6, 6.07) is 16.2. The smallest absolute Gasteiger partial charge is 1.00 e. The Morgan fingerprint density at radius 1 is 1.00 bits per heavy atom. The van der Waals surface area contributed by atoms with Gasteiger partial charge in [-0.15, -0.1) is 0 Å². The fourth-order valence-corrected chi connectivity index (χ4v) is 3.88. The minimum absolute atomic E-state index is 0. The Balaban J connectivity index is 0.00000171. The maximum atomic E-state index is 11.1. The van der Waals surface area contributed by atoms with Crippen LogP contribution >= 0.6 is 0 Å². The number of methoxy groups -OCH3 is 2. The first-order chi connectivity index (χ1) is 16.1. The Kier molecular flexibility index (Phi) is 7.35. The molecular weight excluding hydrogens is 459 g/mol. The van der Waals surface area contributed by atoms with Crippen LogP contribution in [0.5, 0.6) is 11.5 Å². The quantitative estimate of drug-likeness (QED) is 0.373. The van der Waals surface area contributed by atoms with E-state index in [1.807, 2.05) is 42.7 Å². The molecule has 5 aromatic rings. The first-order valence-corrected chi connectivity index (χ1v) is 10.3. The molecule has 0 fully saturated rings. The molecule has 0 amide bonds. The Labute approximate surface area is 239 Å². The second-order valence-corrected chi connectivity index (χ2v) is 7.61. The minimum atomic E-state index is -0.970. The van der Waals surface area contributed by atoms with Gasteiger partial charge in [-0.05, 0) is 71.5 Å². The van der Waals surface area contributed by atoms with Gasteiger partial charge in [0.1, 0.15) is 5.52 Å². The number of nitrogens with zero attached hydrogens (tertiary/aromatic N) is 2. The van der Waals surface area contributed by atoms with E-state index in [-0.39, 0.29) is 58.4 Å². The van der Waals surface area contributed by atoms with Crippen LogP contribution in [-0.2, 0) is 6.42 Å². The average molecular weight is 481 g/mol. The van der Waals surface area contributed by atoms with Crippen LogP contribution in [0.3, 0.4) is 0 Å². The fraction of sp³-hybridized carbons (Fsp3) is 0.115. The molecule has 166 valence electrons. The van der Waals surface area contributed by atoms with Gasteiger partial charge in [0.25, 0.3) is 0 Å². The molecule has 2 heterocycles. The molecule has 0 radical (unpaired) electrons. The SMILES string of the molecule is COc1cc2cncc(Cc3ccc4oc(-c5ccc(C(=O)O)cc5)nc4c3)c2cc1OC.[H-].[K+]. The summed E-state index contributed by atoms with van der Waals surface area (Å²) in [6.07, 6.45) is 4.32. The summed E-state index contributed by atoms with van der Waals surface area (Å²) >= 11 is 0. The predicted octanol–water partition coefficient (Wildman–Crippen LogP) is 2.47. The maximum absolute atomic E-state index is 11.1. The van der Waals surface area contributed by atoms with Crippen LogP contribution < -0.4 is 60.9 Å². The van der Waals surface area contributed by atoms with Crippen molar-refractivity contribution >= 4 is 27.8 Å². The molecule has 0 saturated carbocycles. The predicted molar refractivity (Wildman–Crippen MR) is 125 cm³/mol. The van der Waals surface area contributed by atoms with E-state index >= 15 is 0 Å². The number of oxazole rings is 1. The largest absolute Gasteiger partial charge is 1.00 e. The number of hydrogen-bond donors (Lipinski definition) is 1. The zero-order valence-corrected chi connectivity index (χ0v) is 22.2. The third-order valence-corrected chi connectivity index (χ3v) is 5.57. The molecule has 7 nitrogen and oxygen atoms in total. The van der Waals surface area contributed by atoms with E-state index in [4.69, 9.17) is 19.0 Å². The molecule has 5 rings (SSSR count). The number of pyridine rings is 1. The van der Waals surface area contributed by atoms with Gasteiger partial charge < -0.3 is 20.4 Å². The fourth-order valence-electron chi connectivity index (χ4n) is 3.88. The van der Waals surface area contributed by atoms with Crippen molar-refractivity contribution in [3.8, 4) is 23.0 Å². The molecule has 0 aliphatic heterocycles. The van der Waals surface area contributed by atoms with Crippen molar-refractivity contribution in [1.29, 1.82) is 0 Å². The molecule has 34 heavy (non-hydrogen) atoms. The van der Waals surface area contributed by atoms with Crippen molar-refractivity contribution < 1.29 is 76.6 Å². The average Bonchev–Trinajstić information content (AvgIpc) is 3.27. The van der Waals surface area contributed by atoms with Crippen molar-refractivity contribution in [3.05, 3.63) is 83.7 Å². The summed E-state index contributed by atoms with van der Waals surface area (Å²) < 4.78 is 16.8. The summed E-state index contributed by atoms with van der Waals surface area (Å²) in [5.41, 5.74) is 4.45. The van der Waals surface area contributed by atoms with Crippen LogP contribution in [0.4, 0.5) is 0 Å². The zero-order valence-electron chi connectivity index (χ0n) is 20.0. The van der Waals surface area contributed by atoms with Gasteiger partial charge in [-0.3, -0.25) is 4.98 Å². The molecule has 1 N–H and O–H groups in total. The van der Waals surface area contributed by atoms with Crippen molar-refractivity contribution in [3.63, 3.8) is 0 Å². The maximum Gasteiger partial charge on any atom is 1.00 e. The van der Waals surface area contributed by atoms with E-state index in [0.29, 0.717) is 29.4 Å². The van der Waals surface area contributed by atoms with Gasteiger partial charge >= 0.3 is 57.4 Å². The molecule has 0 unspecified atom stereocenters. The number of aromatic carboxylic acids is 1. The molecule has 0 aliphatic rings. The van der Waals surface area contributed by atoms with Crippen molar-refractivity contribution in [1.82, 2.24) is 9.97 Å². The summed E-state index contributed by atoms with van der Waals surface area (Å²) in [4.78, 5) is 20.1. The molecule has 0 aliphatic carbocycles. The molecule has 2 aromatic heterocycles. The molecule has 0 atom stereocenters. The van der Waals surface area contributed by atoms with Crippen molar-refractivity contribution in [2.24, 2.45) is 0 Å². The number of carboxylic acids is 1. The Morgan fingerprint density at radius 3 is 2.44 bits per heavy atom.